The van der Waals surface area contributed by atoms with Gasteiger partial charge in [-0.15, -0.1) is 0 Å². The van der Waals surface area contributed by atoms with Crippen molar-refractivity contribution in [2.24, 2.45) is 0 Å². The molecule has 2 aromatic carbocycles. The molecule has 3 rings (SSSR count). The maximum Gasteiger partial charge on any atom is 0.248 e. The first kappa shape index (κ1) is 20.2. The zero-order chi connectivity index (χ0) is 20.1. The topological polar surface area (TPSA) is 48.0 Å². The molecule has 5 nitrogen and oxygen atoms in total. The SMILES string of the molecule is CCC(OCC(=O)N(C)C)c1ccc(OC)c(OC2Cc3ccccc3C2)c1. The zero-order valence-electron chi connectivity index (χ0n) is 17.1. The molecule has 0 bridgehead atoms. The van der Waals surface area contributed by atoms with Crippen LogP contribution in [-0.2, 0) is 22.4 Å². The second kappa shape index (κ2) is 9.11. The van der Waals surface area contributed by atoms with Crippen LogP contribution in [0.1, 0.15) is 36.1 Å². The average molecular weight is 383 g/mol. The monoisotopic (exact) mass is 383 g/mol. The summed E-state index contributed by atoms with van der Waals surface area (Å²) in [6.07, 6.45) is 2.49. The Balaban J connectivity index is 1.73. The molecule has 1 atom stereocenters. The second-order valence-electron chi connectivity index (χ2n) is 7.32. The van der Waals surface area contributed by atoms with Gasteiger partial charge in [0.05, 0.1) is 13.2 Å². The summed E-state index contributed by atoms with van der Waals surface area (Å²) in [4.78, 5) is 13.4. The first-order valence-electron chi connectivity index (χ1n) is 9.75. The van der Waals surface area contributed by atoms with Crippen molar-refractivity contribution in [2.45, 2.75) is 38.4 Å². The number of carbonyl (C=O) groups excluding carboxylic acids is 1. The Morgan fingerprint density at radius 1 is 1.11 bits per heavy atom. The van der Waals surface area contributed by atoms with E-state index in [0.717, 1.165) is 30.6 Å². The molecule has 28 heavy (non-hydrogen) atoms. The van der Waals surface area contributed by atoms with Gasteiger partial charge < -0.3 is 19.1 Å². The van der Waals surface area contributed by atoms with Crippen molar-refractivity contribution in [2.75, 3.05) is 27.8 Å². The fourth-order valence-corrected chi connectivity index (χ4v) is 3.52. The number of rotatable bonds is 8. The van der Waals surface area contributed by atoms with Gasteiger partial charge in [0.25, 0.3) is 0 Å². The van der Waals surface area contributed by atoms with Crippen LogP contribution in [0.25, 0.3) is 0 Å². The van der Waals surface area contributed by atoms with E-state index in [-0.39, 0.29) is 24.7 Å². The maximum absolute atomic E-state index is 11.9. The summed E-state index contributed by atoms with van der Waals surface area (Å²) in [5.74, 6) is 1.38. The lowest BCUT2D eigenvalue weighted by atomic mass is 10.1. The van der Waals surface area contributed by atoms with E-state index in [0.29, 0.717) is 5.75 Å². The minimum Gasteiger partial charge on any atom is -0.493 e. The van der Waals surface area contributed by atoms with Crippen molar-refractivity contribution in [3.8, 4) is 11.5 Å². The van der Waals surface area contributed by atoms with Crippen molar-refractivity contribution >= 4 is 5.91 Å². The largest absolute Gasteiger partial charge is 0.493 e. The predicted molar refractivity (Wildman–Crippen MR) is 109 cm³/mol. The van der Waals surface area contributed by atoms with E-state index in [9.17, 15) is 4.79 Å². The van der Waals surface area contributed by atoms with Crippen molar-refractivity contribution < 1.29 is 19.0 Å². The number of benzene rings is 2. The van der Waals surface area contributed by atoms with Gasteiger partial charge in [0.2, 0.25) is 5.91 Å². The summed E-state index contributed by atoms with van der Waals surface area (Å²) >= 11 is 0. The molecule has 2 aromatic rings. The van der Waals surface area contributed by atoms with E-state index in [1.807, 2.05) is 25.1 Å². The lowest BCUT2D eigenvalue weighted by Crippen LogP contribution is -2.27. The smallest absolute Gasteiger partial charge is 0.248 e. The summed E-state index contributed by atoms with van der Waals surface area (Å²) in [5.41, 5.74) is 3.68. The van der Waals surface area contributed by atoms with Crippen LogP contribution in [0, 0.1) is 0 Å². The summed E-state index contributed by atoms with van der Waals surface area (Å²) in [7, 11) is 5.10. The number of hydrogen-bond acceptors (Lipinski definition) is 4. The van der Waals surface area contributed by atoms with Gasteiger partial charge in [-0.2, -0.15) is 0 Å². The Kier molecular flexibility index (Phi) is 6.57. The zero-order valence-corrected chi connectivity index (χ0v) is 17.1. The summed E-state index contributed by atoms with van der Waals surface area (Å²) in [5, 5.41) is 0. The maximum atomic E-state index is 11.9. The molecular weight excluding hydrogens is 354 g/mol. The molecule has 0 aromatic heterocycles. The second-order valence-corrected chi connectivity index (χ2v) is 7.32. The number of hydrogen-bond donors (Lipinski definition) is 0. The van der Waals surface area contributed by atoms with Crippen molar-refractivity contribution in [3.05, 3.63) is 59.2 Å². The minimum absolute atomic E-state index is 0.0489. The van der Waals surface area contributed by atoms with Gasteiger partial charge in [-0.05, 0) is 35.2 Å². The van der Waals surface area contributed by atoms with Crippen molar-refractivity contribution in [3.63, 3.8) is 0 Å². The summed E-state index contributed by atoms with van der Waals surface area (Å²) in [6.45, 7) is 2.11. The molecule has 0 saturated carbocycles. The Hall–Kier alpha value is -2.53. The van der Waals surface area contributed by atoms with E-state index in [1.165, 1.54) is 16.0 Å². The van der Waals surface area contributed by atoms with Crippen molar-refractivity contribution in [1.82, 2.24) is 4.90 Å². The minimum atomic E-state index is -0.169. The van der Waals surface area contributed by atoms with Crippen LogP contribution >= 0.6 is 0 Å². The molecule has 0 spiro atoms. The molecule has 0 saturated heterocycles. The van der Waals surface area contributed by atoms with E-state index in [2.05, 4.69) is 24.3 Å². The number of amides is 1. The van der Waals surface area contributed by atoms with Gasteiger partial charge >= 0.3 is 0 Å². The van der Waals surface area contributed by atoms with Crippen LogP contribution in [-0.4, -0.2) is 44.7 Å². The van der Waals surface area contributed by atoms with Crippen molar-refractivity contribution in [1.29, 1.82) is 0 Å². The van der Waals surface area contributed by atoms with Crippen LogP contribution in [0.3, 0.4) is 0 Å². The van der Waals surface area contributed by atoms with Crippen LogP contribution in [0.5, 0.6) is 11.5 Å². The molecule has 0 fully saturated rings. The Morgan fingerprint density at radius 3 is 2.36 bits per heavy atom. The molecule has 1 amide bonds. The van der Waals surface area contributed by atoms with Gasteiger partial charge in [0.1, 0.15) is 12.7 Å². The molecule has 0 N–H and O–H groups in total. The molecule has 1 aliphatic carbocycles. The summed E-state index contributed by atoms with van der Waals surface area (Å²) in [6, 6.07) is 14.3. The standard InChI is InChI=1S/C23H29NO4/c1-5-20(27-15-23(25)24(2)3)18-10-11-21(26-4)22(14-18)28-19-12-16-8-6-7-9-17(16)13-19/h6-11,14,19-20H,5,12-13,15H2,1-4H3. The number of nitrogens with zero attached hydrogens (tertiary/aromatic N) is 1. The fraction of sp³-hybridized carbons (Fsp3) is 0.435. The Morgan fingerprint density at radius 2 is 1.79 bits per heavy atom. The lowest BCUT2D eigenvalue weighted by Gasteiger charge is -2.21. The number of likely N-dealkylation sites (N-methyl/N-ethyl adjacent to an activating group) is 1. The Bertz CT molecular complexity index is 793. The molecule has 150 valence electrons. The van der Waals surface area contributed by atoms with Gasteiger partial charge in [-0.3, -0.25) is 4.79 Å². The Labute approximate surface area is 167 Å². The van der Waals surface area contributed by atoms with E-state index < -0.39 is 0 Å². The lowest BCUT2D eigenvalue weighted by molar-refractivity contribution is -0.135. The number of ether oxygens (including phenoxy) is 3. The normalized spacial score (nSPS) is 14.4. The quantitative estimate of drug-likeness (QED) is 0.696. The van der Waals surface area contributed by atoms with Crippen LogP contribution in [0.2, 0.25) is 0 Å². The highest BCUT2D eigenvalue weighted by molar-refractivity contribution is 5.76. The molecule has 5 heteroatoms. The summed E-state index contributed by atoms with van der Waals surface area (Å²) < 4.78 is 17.7. The molecular formula is C23H29NO4. The van der Waals surface area contributed by atoms with Crippen LogP contribution in [0.15, 0.2) is 42.5 Å². The molecule has 1 aliphatic rings. The van der Waals surface area contributed by atoms with E-state index in [1.54, 1.807) is 21.2 Å². The first-order valence-corrected chi connectivity index (χ1v) is 9.75. The van der Waals surface area contributed by atoms with Crippen LogP contribution in [0.4, 0.5) is 0 Å². The van der Waals surface area contributed by atoms with Gasteiger partial charge in [-0.25, -0.2) is 0 Å². The number of carbonyl (C=O) groups is 1. The molecule has 0 aliphatic heterocycles. The third-order valence-electron chi connectivity index (χ3n) is 5.14. The van der Waals surface area contributed by atoms with Gasteiger partial charge in [0.15, 0.2) is 11.5 Å². The third-order valence-corrected chi connectivity index (χ3v) is 5.14. The number of fused-ring (bicyclic) bond motifs is 1. The van der Waals surface area contributed by atoms with E-state index in [4.69, 9.17) is 14.2 Å². The number of methoxy groups -OCH3 is 1. The highest BCUT2D eigenvalue weighted by Crippen LogP contribution is 2.35. The first-order chi connectivity index (χ1) is 13.5. The fourth-order valence-electron chi connectivity index (χ4n) is 3.52. The molecule has 0 heterocycles. The van der Waals surface area contributed by atoms with Gasteiger partial charge in [-0.1, -0.05) is 37.3 Å². The van der Waals surface area contributed by atoms with Crippen LogP contribution < -0.4 is 9.47 Å². The predicted octanol–water partition coefficient (Wildman–Crippen LogP) is 3.80. The average Bonchev–Trinajstić information content (AvgIpc) is 3.10. The molecule has 0 radical (unpaired) electrons. The highest BCUT2D eigenvalue weighted by Gasteiger charge is 2.24. The van der Waals surface area contributed by atoms with Gasteiger partial charge in [0, 0.05) is 26.9 Å². The van der Waals surface area contributed by atoms with E-state index >= 15 is 0 Å². The molecule has 1 unspecified atom stereocenters. The highest BCUT2D eigenvalue weighted by atomic mass is 16.5. The third kappa shape index (κ3) is 4.65.